The average molecular weight is 240 g/mol. The number of amides is 1. The fraction of sp³-hybridized carbons (Fsp3) is 0.929. The van der Waals surface area contributed by atoms with Gasteiger partial charge in [0, 0.05) is 18.5 Å². The van der Waals surface area contributed by atoms with Crippen LogP contribution >= 0.6 is 0 Å². The van der Waals surface area contributed by atoms with Gasteiger partial charge in [-0.15, -0.1) is 0 Å². The number of nitrogens with one attached hydrogen (secondary N) is 1. The van der Waals surface area contributed by atoms with Crippen LogP contribution in [-0.2, 0) is 4.79 Å². The minimum absolute atomic E-state index is 0.201. The van der Waals surface area contributed by atoms with Crippen molar-refractivity contribution in [3.05, 3.63) is 0 Å². The van der Waals surface area contributed by atoms with Crippen LogP contribution in [0.1, 0.15) is 59.8 Å². The first-order chi connectivity index (χ1) is 7.79. The zero-order valence-electron chi connectivity index (χ0n) is 11.8. The molecule has 3 heteroatoms. The fourth-order valence-electron chi connectivity index (χ4n) is 2.13. The molecule has 1 amide bonds. The number of hydrogen-bond donors (Lipinski definition) is 2. The van der Waals surface area contributed by atoms with Crippen molar-refractivity contribution in [3.8, 4) is 0 Å². The van der Waals surface area contributed by atoms with Gasteiger partial charge >= 0.3 is 0 Å². The lowest BCUT2D eigenvalue weighted by atomic mass is 9.80. The summed E-state index contributed by atoms with van der Waals surface area (Å²) in [4.78, 5) is 11.9. The Hall–Kier alpha value is -0.570. The van der Waals surface area contributed by atoms with Crippen LogP contribution in [0.3, 0.4) is 0 Å². The number of rotatable bonds is 3. The maximum absolute atomic E-state index is 11.9. The van der Waals surface area contributed by atoms with E-state index < -0.39 is 0 Å². The molecule has 1 aliphatic rings. The summed E-state index contributed by atoms with van der Waals surface area (Å²) in [6.45, 7) is 8.70. The van der Waals surface area contributed by atoms with E-state index in [2.05, 4.69) is 33.0 Å². The summed E-state index contributed by atoms with van der Waals surface area (Å²) in [7, 11) is 0. The average Bonchev–Trinajstić information content (AvgIpc) is 2.20. The first-order valence-corrected chi connectivity index (χ1v) is 6.84. The van der Waals surface area contributed by atoms with Gasteiger partial charge < -0.3 is 11.1 Å². The maximum Gasteiger partial charge on any atom is 0.220 e. The molecule has 0 aromatic heterocycles. The van der Waals surface area contributed by atoms with Crippen LogP contribution in [0.2, 0.25) is 0 Å². The van der Waals surface area contributed by atoms with Gasteiger partial charge in [0.1, 0.15) is 0 Å². The molecule has 17 heavy (non-hydrogen) atoms. The Bertz CT molecular complexity index is 249. The summed E-state index contributed by atoms with van der Waals surface area (Å²) in [5.74, 6) is 0.612. The Kier molecular flexibility index (Phi) is 4.99. The highest BCUT2D eigenvalue weighted by Crippen LogP contribution is 2.28. The summed E-state index contributed by atoms with van der Waals surface area (Å²) in [5, 5.41) is 3.15. The molecule has 1 saturated carbocycles. The molecule has 3 nitrogen and oxygen atoms in total. The number of carbonyl (C=O) groups excluding carboxylic acids is 1. The lowest BCUT2D eigenvalue weighted by Crippen LogP contribution is -2.41. The van der Waals surface area contributed by atoms with E-state index in [1.54, 1.807) is 0 Å². The van der Waals surface area contributed by atoms with Crippen LogP contribution in [0, 0.1) is 11.3 Å². The second-order valence-corrected chi connectivity index (χ2v) is 6.65. The first-order valence-electron chi connectivity index (χ1n) is 6.84. The molecule has 0 aromatic carbocycles. The molecule has 0 spiro atoms. The van der Waals surface area contributed by atoms with Gasteiger partial charge in [-0.2, -0.15) is 0 Å². The van der Waals surface area contributed by atoms with Crippen LogP contribution in [0.25, 0.3) is 0 Å². The highest BCUT2D eigenvalue weighted by atomic mass is 16.1. The normalized spacial score (nSPS) is 27.6. The van der Waals surface area contributed by atoms with Crippen molar-refractivity contribution in [1.82, 2.24) is 5.32 Å². The molecule has 0 heterocycles. The molecule has 0 bridgehead atoms. The van der Waals surface area contributed by atoms with Gasteiger partial charge in [-0.3, -0.25) is 4.79 Å². The second-order valence-electron chi connectivity index (χ2n) is 6.65. The lowest BCUT2D eigenvalue weighted by molar-refractivity contribution is -0.123. The number of hydrogen-bond acceptors (Lipinski definition) is 2. The van der Waals surface area contributed by atoms with E-state index in [0.29, 0.717) is 24.4 Å². The molecule has 0 radical (unpaired) electrons. The van der Waals surface area contributed by atoms with Gasteiger partial charge in [0.2, 0.25) is 5.91 Å². The standard InChI is InChI=1S/C14H28N2O/c1-10(14(2,3)4)9-13(17)16-12-7-5-11(15)6-8-12/h10-12H,5-9,15H2,1-4H3,(H,16,17). The quantitative estimate of drug-likeness (QED) is 0.796. The Balaban J connectivity index is 2.30. The van der Waals surface area contributed by atoms with Crippen LogP contribution in [0.5, 0.6) is 0 Å². The van der Waals surface area contributed by atoms with Crippen molar-refractivity contribution in [2.24, 2.45) is 17.1 Å². The van der Waals surface area contributed by atoms with Gasteiger partial charge in [-0.05, 0) is 37.0 Å². The lowest BCUT2D eigenvalue weighted by Gasteiger charge is -2.30. The fourth-order valence-corrected chi connectivity index (χ4v) is 2.13. The minimum atomic E-state index is 0.201. The van der Waals surface area contributed by atoms with Crippen LogP contribution < -0.4 is 11.1 Å². The van der Waals surface area contributed by atoms with Crippen molar-refractivity contribution < 1.29 is 4.79 Å². The summed E-state index contributed by atoms with van der Waals surface area (Å²) < 4.78 is 0. The van der Waals surface area contributed by atoms with E-state index in [0.717, 1.165) is 25.7 Å². The molecular weight excluding hydrogens is 212 g/mol. The molecular formula is C14H28N2O. The smallest absolute Gasteiger partial charge is 0.220 e. The van der Waals surface area contributed by atoms with E-state index in [-0.39, 0.29) is 11.3 Å². The molecule has 1 aliphatic carbocycles. The largest absolute Gasteiger partial charge is 0.353 e. The number of carbonyl (C=O) groups is 1. The maximum atomic E-state index is 11.9. The van der Waals surface area contributed by atoms with Gasteiger partial charge in [0.25, 0.3) is 0 Å². The Morgan fingerprint density at radius 2 is 1.82 bits per heavy atom. The third-order valence-corrected chi connectivity index (χ3v) is 4.11. The summed E-state index contributed by atoms with van der Waals surface area (Å²) in [6, 6.07) is 0.700. The summed E-state index contributed by atoms with van der Waals surface area (Å²) in [6.07, 6.45) is 4.79. The van der Waals surface area contributed by atoms with Gasteiger partial charge in [0.05, 0.1) is 0 Å². The van der Waals surface area contributed by atoms with E-state index >= 15 is 0 Å². The Morgan fingerprint density at radius 1 is 1.29 bits per heavy atom. The first kappa shape index (κ1) is 14.5. The molecule has 3 N–H and O–H groups in total. The second kappa shape index (κ2) is 5.85. The molecule has 1 rings (SSSR count). The highest BCUT2D eigenvalue weighted by molar-refractivity contribution is 5.76. The molecule has 0 aliphatic heterocycles. The predicted octanol–water partition coefficient (Wildman–Crippen LogP) is 2.44. The Labute approximate surface area is 106 Å². The Morgan fingerprint density at radius 3 is 2.29 bits per heavy atom. The summed E-state index contributed by atoms with van der Waals surface area (Å²) in [5.41, 5.74) is 6.05. The van der Waals surface area contributed by atoms with Crippen LogP contribution in [-0.4, -0.2) is 18.0 Å². The van der Waals surface area contributed by atoms with Gasteiger partial charge in [0.15, 0.2) is 0 Å². The SMILES string of the molecule is CC(CC(=O)NC1CCC(N)CC1)C(C)(C)C. The molecule has 0 aromatic rings. The van der Waals surface area contributed by atoms with Crippen molar-refractivity contribution >= 4 is 5.91 Å². The van der Waals surface area contributed by atoms with E-state index in [9.17, 15) is 4.79 Å². The van der Waals surface area contributed by atoms with E-state index in [4.69, 9.17) is 5.73 Å². The highest BCUT2D eigenvalue weighted by Gasteiger charge is 2.25. The predicted molar refractivity (Wildman–Crippen MR) is 71.6 cm³/mol. The van der Waals surface area contributed by atoms with Crippen molar-refractivity contribution in [2.45, 2.75) is 71.9 Å². The van der Waals surface area contributed by atoms with Crippen molar-refractivity contribution in [1.29, 1.82) is 0 Å². The van der Waals surface area contributed by atoms with Crippen molar-refractivity contribution in [3.63, 3.8) is 0 Å². The minimum Gasteiger partial charge on any atom is -0.353 e. The molecule has 100 valence electrons. The molecule has 1 unspecified atom stereocenters. The van der Waals surface area contributed by atoms with Crippen LogP contribution in [0.4, 0.5) is 0 Å². The van der Waals surface area contributed by atoms with Gasteiger partial charge in [-0.25, -0.2) is 0 Å². The zero-order chi connectivity index (χ0) is 13.1. The van der Waals surface area contributed by atoms with Crippen LogP contribution in [0.15, 0.2) is 0 Å². The monoisotopic (exact) mass is 240 g/mol. The summed E-state index contributed by atoms with van der Waals surface area (Å²) >= 11 is 0. The van der Waals surface area contributed by atoms with E-state index in [1.165, 1.54) is 0 Å². The third kappa shape index (κ3) is 5.07. The molecule has 1 atom stereocenters. The number of nitrogens with two attached hydrogens (primary N) is 1. The van der Waals surface area contributed by atoms with Gasteiger partial charge in [-0.1, -0.05) is 27.7 Å². The van der Waals surface area contributed by atoms with Crippen molar-refractivity contribution in [2.75, 3.05) is 0 Å². The zero-order valence-corrected chi connectivity index (χ0v) is 11.8. The molecule has 0 saturated heterocycles. The third-order valence-electron chi connectivity index (χ3n) is 4.11. The van der Waals surface area contributed by atoms with E-state index in [1.807, 2.05) is 0 Å². The molecule has 1 fully saturated rings. The topological polar surface area (TPSA) is 55.1 Å².